The van der Waals surface area contributed by atoms with Gasteiger partial charge in [0.2, 0.25) is 17.4 Å². The molecule has 0 amide bonds. The number of carboxylic acids is 1. The Balaban J connectivity index is 1.62. The molecule has 0 bridgehead atoms. The fraction of sp³-hybridized carbons (Fsp3) is 0.273. The Labute approximate surface area is 193 Å². The number of pyridine rings is 1. The molecule has 11 heteroatoms. The highest BCUT2D eigenvalue weighted by Gasteiger charge is 2.18. The van der Waals surface area contributed by atoms with Crippen molar-refractivity contribution in [3.8, 4) is 28.7 Å². The van der Waals surface area contributed by atoms with Gasteiger partial charge in [-0.05, 0) is 38.5 Å². The van der Waals surface area contributed by atoms with Crippen molar-refractivity contribution < 1.29 is 19.2 Å². The van der Waals surface area contributed by atoms with Gasteiger partial charge in [0, 0.05) is 35.7 Å². The fourth-order valence-corrected chi connectivity index (χ4v) is 3.47. The summed E-state index contributed by atoms with van der Waals surface area (Å²) in [5.74, 6) is -0.126. The predicted octanol–water partition coefficient (Wildman–Crippen LogP) is 5.00. The summed E-state index contributed by atoms with van der Waals surface area (Å²) < 4.78 is 12.7. The maximum atomic E-state index is 10.7. The first-order valence-corrected chi connectivity index (χ1v) is 10.5. The zero-order valence-corrected chi connectivity index (χ0v) is 18.6. The normalized spacial score (nSPS) is 11.1. The zero-order chi connectivity index (χ0) is 23.5. The van der Waals surface area contributed by atoms with Crippen molar-refractivity contribution in [2.75, 3.05) is 0 Å². The van der Waals surface area contributed by atoms with Crippen LogP contribution in [0.4, 0.5) is 5.69 Å². The molecule has 0 saturated carbocycles. The van der Waals surface area contributed by atoms with Crippen molar-refractivity contribution >= 4 is 34.2 Å². The standard InChI is InChI=1S/C22H19ClN6O4/c1-12(2)32-22-17(24-3)8-14(10-25-22)21-27-20(28-33-21)15-7-13-11-26-29(6-4-5-19(30)31)18(13)9-16(15)23/h7-12H,4-6H2,1-2H3,(H,30,31). The number of carboxylic acid groups (broad SMARTS) is 1. The van der Waals surface area contributed by atoms with Gasteiger partial charge < -0.3 is 14.4 Å². The Morgan fingerprint density at radius 2 is 2.15 bits per heavy atom. The van der Waals surface area contributed by atoms with E-state index in [2.05, 4.69) is 25.1 Å². The van der Waals surface area contributed by atoms with Gasteiger partial charge in [0.15, 0.2) is 0 Å². The van der Waals surface area contributed by atoms with Crippen molar-refractivity contribution in [3.05, 3.63) is 47.0 Å². The number of aliphatic carboxylic acids is 1. The monoisotopic (exact) mass is 466 g/mol. The zero-order valence-electron chi connectivity index (χ0n) is 17.8. The van der Waals surface area contributed by atoms with Crippen LogP contribution in [0.5, 0.6) is 5.88 Å². The third-order valence-corrected chi connectivity index (χ3v) is 5.02. The highest BCUT2D eigenvalue weighted by atomic mass is 35.5. The molecule has 0 fully saturated rings. The van der Waals surface area contributed by atoms with E-state index < -0.39 is 5.97 Å². The maximum Gasteiger partial charge on any atom is 0.303 e. The van der Waals surface area contributed by atoms with Gasteiger partial charge in [-0.1, -0.05) is 16.8 Å². The Kier molecular flexibility index (Phi) is 6.24. The maximum absolute atomic E-state index is 10.7. The van der Waals surface area contributed by atoms with Crippen LogP contribution in [0.3, 0.4) is 0 Å². The molecule has 10 nitrogen and oxygen atoms in total. The third kappa shape index (κ3) is 4.78. The van der Waals surface area contributed by atoms with E-state index in [0.717, 1.165) is 10.9 Å². The smallest absolute Gasteiger partial charge is 0.303 e. The summed E-state index contributed by atoms with van der Waals surface area (Å²) in [5.41, 5.74) is 2.07. The van der Waals surface area contributed by atoms with Gasteiger partial charge in [-0.3, -0.25) is 9.48 Å². The van der Waals surface area contributed by atoms with Crippen LogP contribution >= 0.6 is 11.6 Å². The molecule has 33 heavy (non-hydrogen) atoms. The van der Waals surface area contributed by atoms with E-state index in [1.807, 2.05) is 13.8 Å². The number of benzene rings is 1. The summed E-state index contributed by atoms with van der Waals surface area (Å²) in [5, 5.41) is 18.4. The average Bonchev–Trinajstić information content (AvgIpc) is 3.40. The molecule has 4 aromatic rings. The number of fused-ring (bicyclic) bond motifs is 1. The molecule has 0 unspecified atom stereocenters. The predicted molar refractivity (Wildman–Crippen MR) is 120 cm³/mol. The van der Waals surface area contributed by atoms with Crippen molar-refractivity contribution in [1.82, 2.24) is 24.9 Å². The molecule has 0 atom stereocenters. The highest BCUT2D eigenvalue weighted by Crippen LogP contribution is 2.34. The van der Waals surface area contributed by atoms with Crippen LogP contribution in [0.1, 0.15) is 26.7 Å². The van der Waals surface area contributed by atoms with Crippen LogP contribution < -0.4 is 4.74 Å². The molecule has 0 spiro atoms. The summed E-state index contributed by atoms with van der Waals surface area (Å²) in [4.78, 5) is 22.8. The van der Waals surface area contributed by atoms with E-state index in [4.69, 9.17) is 32.5 Å². The lowest BCUT2D eigenvalue weighted by Crippen LogP contribution is -2.06. The van der Waals surface area contributed by atoms with Crippen molar-refractivity contribution in [2.24, 2.45) is 0 Å². The number of hydrogen-bond donors (Lipinski definition) is 1. The first-order chi connectivity index (χ1) is 15.9. The minimum atomic E-state index is -0.847. The Morgan fingerprint density at radius 1 is 1.33 bits per heavy atom. The summed E-state index contributed by atoms with van der Waals surface area (Å²) in [6.45, 7) is 11.6. The first-order valence-electron chi connectivity index (χ1n) is 10.1. The molecule has 3 heterocycles. The van der Waals surface area contributed by atoms with Crippen LogP contribution in [-0.2, 0) is 11.3 Å². The summed E-state index contributed by atoms with van der Waals surface area (Å²) >= 11 is 6.50. The van der Waals surface area contributed by atoms with Gasteiger partial charge in [-0.15, -0.1) is 0 Å². The van der Waals surface area contributed by atoms with Gasteiger partial charge in [-0.2, -0.15) is 10.1 Å². The van der Waals surface area contributed by atoms with Crippen LogP contribution in [0, 0.1) is 6.57 Å². The van der Waals surface area contributed by atoms with Gasteiger partial charge in [0.05, 0.1) is 29.4 Å². The van der Waals surface area contributed by atoms with Crippen LogP contribution in [0.15, 0.2) is 35.1 Å². The molecule has 3 aromatic heterocycles. The van der Waals surface area contributed by atoms with Crippen LogP contribution in [0.2, 0.25) is 5.02 Å². The molecule has 0 aliphatic heterocycles. The second-order valence-electron chi connectivity index (χ2n) is 7.51. The quantitative estimate of drug-likeness (QED) is 0.360. The highest BCUT2D eigenvalue weighted by molar-refractivity contribution is 6.34. The molecular weight excluding hydrogens is 448 g/mol. The van der Waals surface area contributed by atoms with Gasteiger partial charge in [0.1, 0.15) is 0 Å². The van der Waals surface area contributed by atoms with E-state index in [-0.39, 0.29) is 35.8 Å². The van der Waals surface area contributed by atoms with Crippen molar-refractivity contribution in [2.45, 2.75) is 39.3 Å². The number of aromatic nitrogens is 5. The minimum absolute atomic E-state index is 0.0629. The minimum Gasteiger partial charge on any atom is -0.484 e. The molecule has 1 aromatic carbocycles. The first kappa shape index (κ1) is 22.2. The summed E-state index contributed by atoms with van der Waals surface area (Å²) in [6, 6.07) is 5.13. The Hall–Kier alpha value is -3.97. The van der Waals surface area contributed by atoms with Crippen molar-refractivity contribution in [1.29, 1.82) is 0 Å². The molecule has 0 radical (unpaired) electrons. The van der Waals surface area contributed by atoms with E-state index >= 15 is 0 Å². The number of carbonyl (C=O) groups is 1. The largest absolute Gasteiger partial charge is 0.484 e. The Bertz CT molecular complexity index is 1370. The van der Waals surface area contributed by atoms with E-state index in [1.165, 1.54) is 6.20 Å². The molecule has 4 rings (SSSR count). The second-order valence-corrected chi connectivity index (χ2v) is 7.91. The van der Waals surface area contributed by atoms with Crippen molar-refractivity contribution in [3.63, 3.8) is 0 Å². The molecule has 0 aliphatic carbocycles. The van der Waals surface area contributed by atoms with E-state index in [9.17, 15) is 4.79 Å². The summed E-state index contributed by atoms with van der Waals surface area (Å²) in [7, 11) is 0. The number of halogens is 1. The molecule has 0 saturated heterocycles. The molecule has 1 N–H and O–H groups in total. The molecular formula is C22H19ClN6O4. The third-order valence-electron chi connectivity index (χ3n) is 4.71. The number of hydrogen-bond acceptors (Lipinski definition) is 7. The van der Waals surface area contributed by atoms with Crippen LogP contribution in [0.25, 0.3) is 38.6 Å². The molecule has 0 aliphatic rings. The average molecular weight is 467 g/mol. The topological polar surface area (TPSA) is 121 Å². The number of rotatable bonds is 8. The van der Waals surface area contributed by atoms with E-state index in [1.54, 1.807) is 29.1 Å². The Morgan fingerprint density at radius 3 is 2.88 bits per heavy atom. The fourth-order valence-electron chi connectivity index (χ4n) is 3.23. The van der Waals surface area contributed by atoms with Gasteiger partial charge in [-0.25, -0.2) is 9.83 Å². The lowest BCUT2D eigenvalue weighted by atomic mass is 10.1. The number of nitrogens with zero attached hydrogens (tertiary/aromatic N) is 6. The number of ether oxygens (including phenoxy) is 1. The lowest BCUT2D eigenvalue weighted by molar-refractivity contribution is -0.137. The lowest BCUT2D eigenvalue weighted by Gasteiger charge is -2.10. The summed E-state index contributed by atoms with van der Waals surface area (Å²) in [6.07, 6.45) is 3.60. The molecule has 168 valence electrons. The number of aryl methyl sites for hydroxylation is 1. The second kappa shape index (κ2) is 9.26. The SMILES string of the molecule is [C-]#[N+]c1cc(-c2nc(-c3cc4cnn(CCCC(=O)O)c4cc3Cl)no2)cnc1OC(C)C. The van der Waals surface area contributed by atoms with Crippen LogP contribution in [-0.4, -0.2) is 42.1 Å². The van der Waals surface area contributed by atoms with Gasteiger partial charge >= 0.3 is 5.97 Å². The van der Waals surface area contributed by atoms with E-state index in [0.29, 0.717) is 29.1 Å². The van der Waals surface area contributed by atoms with Gasteiger partial charge in [0.25, 0.3) is 5.89 Å².